The van der Waals surface area contributed by atoms with E-state index in [0.717, 1.165) is 19.5 Å². The van der Waals surface area contributed by atoms with Crippen LogP contribution in [-0.4, -0.2) is 37.5 Å². The third kappa shape index (κ3) is 5.09. The van der Waals surface area contributed by atoms with E-state index in [1.54, 1.807) is 12.5 Å². The lowest BCUT2D eigenvalue weighted by atomic mass is 10.2. The molecular weight excluding hydrogens is 377 g/mol. The number of aryl methyl sites for hydroxylation is 1. The molecule has 27 heavy (non-hydrogen) atoms. The number of aliphatic imine (C=N–C) groups is 1. The third-order valence-corrected chi connectivity index (χ3v) is 3.94. The number of hydrogen-bond acceptors (Lipinski definition) is 7. The average Bonchev–Trinajstić information content (AvgIpc) is 3.34. The zero-order valence-electron chi connectivity index (χ0n) is 14.1. The Morgan fingerprint density at radius 2 is 2.26 bits per heavy atom. The number of benzene rings is 1. The number of hydroxylamine groups is 1. The average molecular weight is 394 g/mol. The molecule has 11 heteroatoms. The molecule has 0 saturated carbocycles. The molecule has 3 N–H and O–H groups in total. The Labute approximate surface area is 158 Å². The van der Waals surface area contributed by atoms with Gasteiger partial charge in [-0.1, -0.05) is 16.8 Å². The predicted molar refractivity (Wildman–Crippen MR) is 95.4 cm³/mol. The summed E-state index contributed by atoms with van der Waals surface area (Å²) in [6.07, 6.45) is 6.29. The maximum Gasteiger partial charge on any atom is 0.182 e. The van der Waals surface area contributed by atoms with Crippen molar-refractivity contribution in [2.45, 2.75) is 19.5 Å². The van der Waals surface area contributed by atoms with E-state index in [-0.39, 0.29) is 16.6 Å². The molecule has 2 aromatic heterocycles. The predicted octanol–water partition coefficient (Wildman–Crippen LogP) is 2.30. The van der Waals surface area contributed by atoms with Crippen LogP contribution in [0, 0.1) is 5.82 Å². The fraction of sp³-hybridized carbons (Fsp3) is 0.250. The van der Waals surface area contributed by atoms with Gasteiger partial charge in [-0.15, -0.1) is 0 Å². The highest BCUT2D eigenvalue weighted by molar-refractivity contribution is 6.31. The van der Waals surface area contributed by atoms with Crippen molar-refractivity contribution in [1.29, 1.82) is 0 Å². The van der Waals surface area contributed by atoms with Crippen molar-refractivity contribution in [2.75, 3.05) is 6.54 Å². The summed E-state index contributed by atoms with van der Waals surface area (Å²) in [6, 6.07) is 3.93. The van der Waals surface area contributed by atoms with Crippen LogP contribution in [0.5, 0.6) is 0 Å². The molecule has 0 spiro atoms. The van der Waals surface area contributed by atoms with E-state index in [4.69, 9.17) is 16.2 Å². The van der Waals surface area contributed by atoms with Crippen molar-refractivity contribution in [3.8, 4) is 0 Å². The normalized spacial score (nSPS) is 11.7. The van der Waals surface area contributed by atoms with E-state index in [1.807, 2.05) is 16.2 Å². The van der Waals surface area contributed by atoms with E-state index in [1.165, 1.54) is 18.2 Å². The van der Waals surface area contributed by atoms with E-state index in [9.17, 15) is 9.60 Å². The van der Waals surface area contributed by atoms with Gasteiger partial charge in [-0.25, -0.2) is 19.0 Å². The first-order chi connectivity index (χ1) is 13.2. The topological polar surface area (TPSA) is 113 Å². The molecule has 0 amide bonds. The van der Waals surface area contributed by atoms with Crippen LogP contribution in [-0.2, 0) is 13.1 Å². The monoisotopic (exact) mass is 393 g/mol. The van der Waals surface area contributed by atoms with Gasteiger partial charge in [0.05, 0.1) is 17.0 Å². The molecule has 0 saturated heterocycles. The van der Waals surface area contributed by atoms with Crippen LogP contribution < -0.4 is 10.8 Å². The van der Waals surface area contributed by atoms with Crippen LogP contribution in [0.2, 0.25) is 5.02 Å². The minimum atomic E-state index is -0.558. The summed E-state index contributed by atoms with van der Waals surface area (Å²) in [7, 11) is 0. The van der Waals surface area contributed by atoms with Gasteiger partial charge >= 0.3 is 0 Å². The molecule has 2 heterocycles. The van der Waals surface area contributed by atoms with Crippen LogP contribution >= 0.6 is 11.6 Å². The van der Waals surface area contributed by atoms with Crippen molar-refractivity contribution < 1.29 is 14.2 Å². The number of hydrogen-bond donors (Lipinski definition) is 3. The first kappa shape index (κ1) is 19.0. The molecular formula is C16H17ClFN7O2. The Bertz CT molecular complexity index is 898. The summed E-state index contributed by atoms with van der Waals surface area (Å²) in [4.78, 5) is 8.15. The van der Waals surface area contributed by atoms with Gasteiger partial charge < -0.3 is 9.88 Å². The van der Waals surface area contributed by atoms with E-state index in [2.05, 4.69) is 25.6 Å². The zero-order valence-corrected chi connectivity index (χ0v) is 14.9. The minimum Gasteiger partial charge on any atom is -0.337 e. The number of nitrogens with one attached hydrogen (secondary N) is 2. The van der Waals surface area contributed by atoms with Gasteiger partial charge in [0.2, 0.25) is 0 Å². The third-order valence-electron chi connectivity index (χ3n) is 3.65. The first-order valence-electron chi connectivity index (χ1n) is 8.09. The Kier molecular flexibility index (Phi) is 6.47. The second kappa shape index (κ2) is 9.21. The van der Waals surface area contributed by atoms with Gasteiger partial charge in [0.1, 0.15) is 11.5 Å². The van der Waals surface area contributed by atoms with Crippen molar-refractivity contribution in [1.82, 2.24) is 30.7 Å². The fourth-order valence-corrected chi connectivity index (χ4v) is 2.50. The lowest BCUT2D eigenvalue weighted by Crippen LogP contribution is -2.24. The smallest absolute Gasteiger partial charge is 0.182 e. The Morgan fingerprint density at radius 3 is 3.00 bits per heavy atom. The number of halogens is 2. The Balaban J connectivity index is 1.61. The molecule has 0 aliphatic rings. The maximum atomic E-state index is 13.3. The van der Waals surface area contributed by atoms with Crippen LogP contribution in [0.4, 0.5) is 10.1 Å². The quantitative estimate of drug-likeness (QED) is 0.233. The molecule has 0 aliphatic heterocycles. The minimum absolute atomic E-state index is 0.00846. The van der Waals surface area contributed by atoms with Crippen molar-refractivity contribution in [3.63, 3.8) is 0 Å². The van der Waals surface area contributed by atoms with Gasteiger partial charge in [-0.3, -0.25) is 10.7 Å². The van der Waals surface area contributed by atoms with Gasteiger partial charge in [0, 0.05) is 25.5 Å². The van der Waals surface area contributed by atoms with E-state index < -0.39 is 5.82 Å². The second-order valence-electron chi connectivity index (χ2n) is 5.56. The number of amidine groups is 1. The van der Waals surface area contributed by atoms with Crippen LogP contribution in [0.3, 0.4) is 0 Å². The summed E-state index contributed by atoms with van der Waals surface area (Å²) >= 11 is 5.74. The molecule has 0 radical (unpaired) electrons. The number of rotatable bonds is 8. The molecule has 142 valence electrons. The van der Waals surface area contributed by atoms with E-state index >= 15 is 0 Å². The first-order valence-corrected chi connectivity index (χ1v) is 8.47. The van der Waals surface area contributed by atoms with Crippen LogP contribution in [0.15, 0.2) is 46.5 Å². The van der Waals surface area contributed by atoms with Gasteiger partial charge in [0.25, 0.3) is 0 Å². The fourth-order valence-electron chi connectivity index (χ4n) is 2.33. The van der Waals surface area contributed by atoms with Gasteiger partial charge in [-0.05, 0) is 36.3 Å². The highest BCUT2D eigenvalue weighted by Gasteiger charge is 2.16. The maximum absolute atomic E-state index is 13.3. The largest absolute Gasteiger partial charge is 0.337 e. The Morgan fingerprint density at radius 1 is 1.37 bits per heavy atom. The van der Waals surface area contributed by atoms with Gasteiger partial charge in [0.15, 0.2) is 11.5 Å². The summed E-state index contributed by atoms with van der Waals surface area (Å²) in [5, 5.41) is 20.1. The molecule has 0 atom stereocenters. The molecule has 3 aromatic rings. The van der Waals surface area contributed by atoms with Crippen molar-refractivity contribution >= 4 is 23.1 Å². The number of nitrogens with zero attached hydrogens (tertiary/aromatic N) is 5. The molecule has 1 aromatic carbocycles. The molecule has 9 nitrogen and oxygen atoms in total. The van der Waals surface area contributed by atoms with Crippen LogP contribution in [0.25, 0.3) is 0 Å². The molecule has 0 bridgehead atoms. The number of aromatic nitrogens is 4. The van der Waals surface area contributed by atoms with Crippen molar-refractivity contribution in [3.05, 3.63) is 59.1 Å². The summed E-state index contributed by atoms with van der Waals surface area (Å²) < 4.78 is 20.0. The zero-order chi connectivity index (χ0) is 19.1. The Hall–Kier alpha value is -2.82. The lowest BCUT2D eigenvalue weighted by Gasteiger charge is -2.06. The summed E-state index contributed by atoms with van der Waals surface area (Å²) in [6.45, 7) is 1.94. The number of imidazole rings is 1. The highest BCUT2D eigenvalue weighted by Crippen LogP contribution is 2.22. The van der Waals surface area contributed by atoms with Crippen molar-refractivity contribution in [2.24, 2.45) is 4.99 Å². The molecule has 0 fully saturated rings. The summed E-state index contributed by atoms with van der Waals surface area (Å²) in [5.41, 5.74) is 2.99. The van der Waals surface area contributed by atoms with Crippen LogP contribution in [0.1, 0.15) is 17.8 Å². The molecule has 0 aliphatic carbocycles. The highest BCUT2D eigenvalue weighted by atomic mass is 35.5. The standard InChI is InChI=1S/C16H17ClFN7O2/c17-12-8-11(2-3-13(12)18)21-16(22-26)15-14(23-27-24-15)9-19-4-1-6-25-7-5-20-10-25/h2-3,5,7-8,10,19,26H,1,4,6,9H2,(H,21,22). The SMILES string of the molecule is ONC(=Nc1ccc(F)c(Cl)c1)c1nonc1CNCCCn1ccnc1. The lowest BCUT2D eigenvalue weighted by molar-refractivity contribution is 0.234. The van der Waals surface area contributed by atoms with E-state index in [0.29, 0.717) is 17.9 Å². The molecule has 0 unspecified atom stereocenters. The summed E-state index contributed by atoms with van der Waals surface area (Å²) in [5.74, 6) is -0.549. The van der Waals surface area contributed by atoms with Gasteiger partial charge in [-0.2, -0.15) is 0 Å². The second-order valence-corrected chi connectivity index (χ2v) is 5.97. The molecule has 3 rings (SSSR count).